The summed E-state index contributed by atoms with van der Waals surface area (Å²) >= 11 is 0. The number of methoxy groups -OCH3 is 1. The maximum absolute atomic E-state index is 14.4. The smallest absolute Gasteiger partial charge is 0.358 e. The van der Waals surface area contributed by atoms with E-state index in [2.05, 4.69) is 34.0 Å². The molecule has 0 radical (unpaired) electrons. The van der Waals surface area contributed by atoms with Gasteiger partial charge in [0, 0.05) is 0 Å². The Kier molecular flexibility index (Phi) is 4.41. The van der Waals surface area contributed by atoms with E-state index >= 15 is 0 Å². The molecule has 1 aromatic carbocycles. The zero-order valence-corrected chi connectivity index (χ0v) is 18.2. The molecule has 5 rings (SSSR count). The van der Waals surface area contributed by atoms with Crippen molar-refractivity contribution in [3.63, 3.8) is 0 Å². The standard InChI is InChI=1S/C24H22F2N4O2/c1-12-20(28-18(11-27-12)22(31)32-4)24-9-8-14(23(24,2)3)13-10-17(29-30-21(13)24)19-15(25)6-5-7-16(19)26/h5-7,10-11,14H,8-9H2,1-4H3/t14-,24-/m0/s1. The molecule has 2 bridgehead atoms. The topological polar surface area (TPSA) is 77.9 Å². The summed E-state index contributed by atoms with van der Waals surface area (Å²) < 4.78 is 33.6. The van der Waals surface area contributed by atoms with Gasteiger partial charge < -0.3 is 4.74 Å². The minimum absolute atomic E-state index is 0.101. The van der Waals surface area contributed by atoms with Gasteiger partial charge in [-0.2, -0.15) is 5.10 Å². The summed E-state index contributed by atoms with van der Waals surface area (Å²) in [5.41, 5.74) is 2.21. The number of esters is 1. The summed E-state index contributed by atoms with van der Waals surface area (Å²) in [5.74, 6) is -1.81. The number of aryl methyl sites for hydroxylation is 1. The Labute approximate surface area is 184 Å². The van der Waals surface area contributed by atoms with Crippen molar-refractivity contribution in [2.75, 3.05) is 7.11 Å². The highest BCUT2D eigenvalue weighted by Crippen LogP contribution is 2.69. The predicted molar refractivity (Wildman–Crippen MR) is 112 cm³/mol. The molecule has 0 saturated heterocycles. The highest BCUT2D eigenvalue weighted by Gasteiger charge is 2.65. The van der Waals surface area contributed by atoms with Crippen molar-refractivity contribution >= 4 is 5.97 Å². The molecule has 164 valence electrons. The summed E-state index contributed by atoms with van der Waals surface area (Å²) in [6.07, 6.45) is 3.03. The van der Waals surface area contributed by atoms with Crippen LogP contribution in [0.1, 0.15) is 65.7 Å². The molecule has 0 unspecified atom stereocenters. The van der Waals surface area contributed by atoms with Crippen LogP contribution < -0.4 is 0 Å². The van der Waals surface area contributed by atoms with Gasteiger partial charge in [-0.05, 0) is 54.9 Å². The molecule has 2 atom stereocenters. The van der Waals surface area contributed by atoms with Crippen LogP contribution >= 0.6 is 0 Å². The molecule has 2 aliphatic carbocycles. The molecule has 0 aliphatic heterocycles. The lowest BCUT2D eigenvalue weighted by molar-refractivity contribution is 0.0592. The number of nitrogens with zero attached hydrogens (tertiary/aromatic N) is 4. The molecule has 2 heterocycles. The van der Waals surface area contributed by atoms with Crippen molar-refractivity contribution in [1.29, 1.82) is 0 Å². The fraction of sp³-hybridized carbons (Fsp3) is 0.375. The summed E-state index contributed by atoms with van der Waals surface area (Å²) in [6, 6.07) is 5.50. The molecule has 32 heavy (non-hydrogen) atoms. The molecule has 2 aromatic heterocycles. The van der Waals surface area contributed by atoms with Gasteiger partial charge in [0.15, 0.2) is 5.69 Å². The lowest BCUT2D eigenvalue weighted by Crippen LogP contribution is -2.39. The van der Waals surface area contributed by atoms with E-state index in [9.17, 15) is 13.6 Å². The zero-order valence-electron chi connectivity index (χ0n) is 18.2. The average molecular weight is 436 g/mol. The summed E-state index contributed by atoms with van der Waals surface area (Å²) in [6.45, 7) is 6.14. The van der Waals surface area contributed by atoms with Crippen LogP contribution in [0.25, 0.3) is 11.3 Å². The van der Waals surface area contributed by atoms with Crippen LogP contribution in [-0.4, -0.2) is 33.2 Å². The summed E-state index contributed by atoms with van der Waals surface area (Å²) in [4.78, 5) is 21.2. The van der Waals surface area contributed by atoms with Crippen LogP contribution in [0.4, 0.5) is 8.78 Å². The first-order valence-corrected chi connectivity index (χ1v) is 10.5. The van der Waals surface area contributed by atoms with Crippen molar-refractivity contribution < 1.29 is 18.3 Å². The van der Waals surface area contributed by atoms with Crippen LogP contribution in [0.2, 0.25) is 0 Å². The van der Waals surface area contributed by atoms with Gasteiger partial charge in [-0.15, -0.1) is 5.10 Å². The van der Waals surface area contributed by atoms with E-state index in [4.69, 9.17) is 4.74 Å². The van der Waals surface area contributed by atoms with Gasteiger partial charge in [-0.1, -0.05) is 19.9 Å². The Morgan fingerprint density at radius 2 is 1.88 bits per heavy atom. The molecule has 1 saturated carbocycles. The molecule has 0 amide bonds. The number of halogens is 2. The number of hydrogen-bond acceptors (Lipinski definition) is 6. The van der Waals surface area contributed by atoms with E-state index in [1.165, 1.54) is 31.5 Å². The van der Waals surface area contributed by atoms with E-state index in [-0.39, 0.29) is 28.3 Å². The van der Waals surface area contributed by atoms with Crippen molar-refractivity contribution in [2.45, 2.75) is 44.9 Å². The number of rotatable bonds is 3. The average Bonchev–Trinajstić information content (AvgIpc) is 3.14. The van der Waals surface area contributed by atoms with Crippen LogP contribution in [0.3, 0.4) is 0 Å². The van der Waals surface area contributed by atoms with Gasteiger partial charge in [0.2, 0.25) is 0 Å². The molecular weight excluding hydrogens is 414 g/mol. The quantitative estimate of drug-likeness (QED) is 0.562. The SMILES string of the molecule is COC(=O)c1cnc(C)c([C@@]23CC[C@@H](c4cc(-c5c(F)cccc5F)nnc42)C3(C)C)n1. The van der Waals surface area contributed by atoms with Crippen LogP contribution in [0.15, 0.2) is 30.5 Å². The van der Waals surface area contributed by atoms with Crippen molar-refractivity contribution in [3.8, 4) is 11.3 Å². The lowest BCUT2D eigenvalue weighted by Gasteiger charge is -2.38. The van der Waals surface area contributed by atoms with Gasteiger partial charge >= 0.3 is 5.97 Å². The monoisotopic (exact) mass is 436 g/mol. The van der Waals surface area contributed by atoms with E-state index in [0.717, 1.165) is 24.1 Å². The first kappa shape index (κ1) is 20.6. The normalized spacial score (nSPS) is 22.6. The highest BCUT2D eigenvalue weighted by molar-refractivity contribution is 5.86. The first-order chi connectivity index (χ1) is 15.2. The molecule has 2 aliphatic rings. The number of aromatic nitrogens is 4. The Hall–Kier alpha value is -3.29. The van der Waals surface area contributed by atoms with Crippen LogP contribution in [-0.2, 0) is 10.2 Å². The minimum atomic E-state index is -0.677. The predicted octanol–water partition coefficient (Wildman–Crippen LogP) is 4.51. The largest absolute Gasteiger partial charge is 0.464 e. The summed E-state index contributed by atoms with van der Waals surface area (Å²) in [7, 11) is 1.30. The number of ether oxygens (including phenoxy) is 1. The minimum Gasteiger partial charge on any atom is -0.464 e. The molecule has 3 aromatic rings. The van der Waals surface area contributed by atoms with Crippen molar-refractivity contribution in [3.05, 3.63) is 70.4 Å². The third kappa shape index (κ3) is 2.52. The molecule has 0 N–H and O–H groups in total. The van der Waals surface area contributed by atoms with Gasteiger partial charge in [-0.25, -0.2) is 18.6 Å². The zero-order chi connectivity index (χ0) is 22.8. The highest BCUT2D eigenvalue weighted by atomic mass is 19.1. The van der Waals surface area contributed by atoms with E-state index in [1.54, 1.807) is 6.07 Å². The Morgan fingerprint density at radius 1 is 1.16 bits per heavy atom. The third-order valence-corrected chi connectivity index (χ3v) is 7.36. The van der Waals surface area contributed by atoms with Crippen molar-refractivity contribution in [1.82, 2.24) is 20.2 Å². The Morgan fingerprint density at radius 3 is 2.56 bits per heavy atom. The molecule has 6 nitrogen and oxygen atoms in total. The molecule has 8 heteroatoms. The second-order valence-corrected chi connectivity index (χ2v) is 9.03. The molecule has 0 spiro atoms. The van der Waals surface area contributed by atoms with Crippen LogP contribution in [0.5, 0.6) is 0 Å². The van der Waals surface area contributed by atoms with Gasteiger partial charge in [-0.3, -0.25) is 4.98 Å². The van der Waals surface area contributed by atoms with Gasteiger partial charge in [0.25, 0.3) is 0 Å². The maximum atomic E-state index is 14.4. The number of fused-ring (bicyclic) bond motifs is 5. The Bertz CT molecular complexity index is 1260. The number of hydrogen-bond donors (Lipinski definition) is 0. The van der Waals surface area contributed by atoms with Crippen molar-refractivity contribution in [2.24, 2.45) is 5.41 Å². The van der Waals surface area contributed by atoms with E-state index < -0.39 is 23.0 Å². The first-order valence-electron chi connectivity index (χ1n) is 10.5. The third-order valence-electron chi connectivity index (χ3n) is 7.36. The second-order valence-electron chi connectivity index (χ2n) is 9.03. The van der Waals surface area contributed by atoms with E-state index in [0.29, 0.717) is 11.4 Å². The van der Waals surface area contributed by atoms with Gasteiger partial charge in [0.05, 0.1) is 47.1 Å². The fourth-order valence-corrected chi connectivity index (χ4v) is 5.77. The van der Waals surface area contributed by atoms with Crippen LogP contribution in [0, 0.1) is 24.0 Å². The molecular formula is C24H22F2N4O2. The maximum Gasteiger partial charge on any atom is 0.358 e. The fourth-order valence-electron chi connectivity index (χ4n) is 5.77. The lowest BCUT2D eigenvalue weighted by atomic mass is 9.66. The number of carbonyl (C=O) groups is 1. The summed E-state index contributed by atoms with van der Waals surface area (Å²) in [5, 5.41) is 8.74. The Balaban J connectivity index is 1.73. The number of carbonyl (C=O) groups excluding carboxylic acids is 1. The van der Waals surface area contributed by atoms with E-state index in [1.807, 2.05) is 6.92 Å². The second kappa shape index (κ2) is 6.85. The number of benzene rings is 1. The molecule has 1 fully saturated rings. The van der Waals surface area contributed by atoms with Gasteiger partial charge in [0.1, 0.15) is 11.6 Å².